The quantitative estimate of drug-likeness (QED) is 0.520. The van der Waals surface area contributed by atoms with E-state index in [1.165, 1.54) is 24.3 Å². The summed E-state index contributed by atoms with van der Waals surface area (Å²) in [7, 11) is -7.47. The summed E-state index contributed by atoms with van der Waals surface area (Å²) in [6, 6.07) is 17.7. The van der Waals surface area contributed by atoms with Crippen molar-refractivity contribution in [3.05, 3.63) is 77.9 Å². The fraction of sp³-hybridized carbons (Fsp3) is 0.208. The first kappa shape index (κ1) is 24.6. The van der Waals surface area contributed by atoms with Crippen LogP contribution in [-0.4, -0.2) is 41.6 Å². The van der Waals surface area contributed by atoms with Crippen LogP contribution in [0, 0.1) is 13.8 Å². The zero-order valence-electron chi connectivity index (χ0n) is 19.3. The van der Waals surface area contributed by atoms with Crippen molar-refractivity contribution in [2.45, 2.75) is 24.8 Å². The summed E-state index contributed by atoms with van der Waals surface area (Å²) in [5.74, 6) is -0.277. The highest BCUT2D eigenvalue weighted by molar-refractivity contribution is 7.92. The first-order chi connectivity index (χ1) is 16.5. The van der Waals surface area contributed by atoms with Crippen LogP contribution in [-0.2, 0) is 24.8 Å². The van der Waals surface area contributed by atoms with Gasteiger partial charge in [-0.1, -0.05) is 30.3 Å². The van der Waals surface area contributed by atoms with Crippen LogP contribution in [0.2, 0.25) is 0 Å². The number of rotatable bonds is 6. The summed E-state index contributed by atoms with van der Waals surface area (Å²) in [5.41, 5.74) is 2.83. The molecule has 184 valence electrons. The normalized spacial score (nSPS) is 15.6. The molecule has 0 fully saturated rings. The van der Waals surface area contributed by atoms with Gasteiger partial charge in [-0.25, -0.2) is 16.8 Å². The molecule has 1 aliphatic heterocycles. The highest BCUT2D eigenvalue weighted by Crippen LogP contribution is 2.35. The van der Waals surface area contributed by atoms with E-state index in [0.29, 0.717) is 17.1 Å². The molecule has 35 heavy (non-hydrogen) atoms. The van der Waals surface area contributed by atoms with Crippen molar-refractivity contribution < 1.29 is 26.4 Å². The van der Waals surface area contributed by atoms with Gasteiger partial charge in [0.05, 0.1) is 29.1 Å². The minimum atomic E-state index is -3.84. The molecule has 1 aliphatic rings. The highest BCUT2D eigenvalue weighted by Gasteiger charge is 2.35. The number of anilines is 3. The number of ether oxygens (including phenoxy) is 1. The van der Waals surface area contributed by atoms with Crippen LogP contribution >= 0.6 is 0 Å². The Balaban J connectivity index is 1.49. The van der Waals surface area contributed by atoms with E-state index in [2.05, 4.69) is 10.0 Å². The molecule has 1 heterocycles. The second-order valence-corrected chi connectivity index (χ2v) is 11.8. The van der Waals surface area contributed by atoms with Crippen molar-refractivity contribution >= 4 is 43.0 Å². The van der Waals surface area contributed by atoms with Gasteiger partial charge in [0.1, 0.15) is 5.75 Å². The number of sulfonamides is 2. The number of aryl methyl sites for hydroxylation is 2. The standard InChI is InChI=1S/C24H25N3O6S2/c1-16-7-6-8-17(2)23(16)26-35(31,32)19-13-11-18(12-14-19)25-24(28)22-15-27(34(3,29)30)20-9-4-5-10-21(20)33-22/h4-14,22,26H,15H2,1-3H3,(H,25,28)/t22-/m1/s1. The molecule has 0 radical (unpaired) electrons. The van der Waals surface area contributed by atoms with Gasteiger partial charge in [-0.05, 0) is 61.4 Å². The third-order valence-electron chi connectivity index (χ3n) is 5.58. The van der Waals surface area contributed by atoms with Crippen molar-refractivity contribution in [1.82, 2.24) is 0 Å². The molecule has 2 N–H and O–H groups in total. The molecule has 0 bridgehead atoms. The predicted octanol–water partition coefficient (Wildman–Crippen LogP) is 3.27. The van der Waals surface area contributed by atoms with Crippen molar-refractivity contribution in [3.8, 4) is 5.75 Å². The average Bonchev–Trinajstić information content (AvgIpc) is 2.80. The van der Waals surface area contributed by atoms with Crippen LogP contribution in [0.1, 0.15) is 11.1 Å². The Bertz CT molecular complexity index is 1470. The summed E-state index contributed by atoms with van der Waals surface area (Å²) < 4.78 is 59.7. The van der Waals surface area contributed by atoms with Crippen molar-refractivity contribution in [1.29, 1.82) is 0 Å². The molecule has 3 aromatic rings. The Morgan fingerprint density at radius 3 is 2.17 bits per heavy atom. The molecular formula is C24H25N3O6S2. The Morgan fingerprint density at radius 1 is 0.914 bits per heavy atom. The van der Waals surface area contributed by atoms with Gasteiger partial charge in [0.25, 0.3) is 15.9 Å². The van der Waals surface area contributed by atoms with Gasteiger partial charge in [-0.2, -0.15) is 0 Å². The number of fused-ring (bicyclic) bond motifs is 1. The van der Waals surface area contributed by atoms with E-state index < -0.39 is 32.1 Å². The first-order valence-electron chi connectivity index (χ1n) is 10.7. The summed E-state index contributed by atoms with van der Waals surface area (Å²) in [5, 5.41) is 2.66. The number of para-hydroxylation sites is 3. The lowest BCUT2D eigenvalue weighted by Crippen LogP contribution is -2.48. The SMILES string of the molecule is Cc1cccc(C)c1NS(=O)(=O)c1ccc(NC(=O)[C@H]2CN(S(C)(=O)=O)c3ccccc3O2)cc1. The first-order valence-corrected chi connectivity index (χ1v) is 14.0. The van der Waals surface area contributed by atoms with E-state index >= 15 is 0 Å². The highest BCUT2D eigenvalue weighted by atomic mass is 32.2. The Hall–Kier alpha value is -3.57. The zero-order valence-corrected chi connectivity index (χ0v) is 21.0. The van der Waals surface area contributed by atoms with Crippen molar-refractivity contribution in [2.24, 2.45) is 0 Å². The van der Waals surface area contributed by atoms with Crippen LogP contribution in [0.4, 0.5) is 17.1 Å². The summed E-state index contributed by atoms with van der Waals surface area (Å²) >= 11 is 0. The number of carbonyl (C=O) groups excluding carboxylic acids is 1. The maximum absolute atomic E-state index is 12.9. The number of hydrogen-bond acceptors (Lipinski definition) is 6. The maximum atomic E-state index is 12.9. The van der Waals surface area contributed by atoms with Gasteiger partial charge in [-0.3, -0.25) is 13.8 Å². The number of carbonyl (C=O) groups is 1. The molecule has 3 aromatic carbocycles. The minimum Gasteiger partial charge on any atom is -0.476 e. The largest absolute Gasteiger partial charge is 0.476 e. The Kier molecular flexibility index (Phi) is 6.48. The number of hydrogen-bond donors (Lipinski definition) is 2. The van der Waals surface area contributed by atoms with Crippen molar-refractivity contribution in [2.75, 3.05) is 27.1 Å². The fourth-order valence-electron chi connectivity index (χ4n) is 3.76. The number of benzene rings is 3. The molecule has 1 amide bonds. The third-order valence-corrected chi connectivity index (χ3v) is 8.09. The third kappa shape index (κ3) is 5.25. The molecular weight excluding hydrogens is 490 g/mol. The van der Waals surface area contributed by atoms with E-state index in [4.69, 9.17) is 4.74 Å². The predicted molar refractivity (Wildman–Crippen MR) is 135 cm³/mol. The summed E-state index contributed by atoms with van der Waals surface area (Å²) in [4.78, 5) is 12.9. The van der Waals surface area contributed by atoms with Gasteiger partial charge in [0.2, 0.25) is 10.0 Å². The summed E-state index contributed by atoms with van der Waals surface area (Å²) in [6.07, 6.45) is -0.0240. The Morgan fingerprint density at radius 2 is 1.54 bits per heavy atom. The zero-order chi connectivity index (χ0) is 25.4. The van der Waals surface area contributed by atoms with Crippen LogP contribution in [0.3, 0.4) is 0 Å². The summed E-state index contributed by atoms with van der Waals surface area (Å²) in [6.45, 7) is 3.45. The van der Waals surface area contributed by atoms with Crippen LogP contribution in [0.5, 0.6) is 5.75 Å². The van der Waals surface area contributed by atoms with Gasteiger partial charge in [0, 0.05) is 5.69 Å². The molecule has 0 spiro atoms. The van der Waals surface area contributed by atoms with Gasteiger partial charge < -0.3 is 10.1 Å². The molecule has 0 saturated carbocycles. The maximum Gasteiger partial charge on any atom is 0.267 e. The van der Waals surface area contributed by atoms with Crippen LogP contribution in [0.15, 0.2) is 71.6 Å². The topological polar surface area (TPSA) is 122 Å². The van der Waals surface area contributed by atoms with E-state index in [0.717, 1.165) is 21.7 Å². The molecule has 9 nitrogen and oxygen atoms in total. The van der Waals surface area contributed by atoms with Gasteiger partial charge in [-0.15, -0.1) is 0 Å². The lowest BCUT2D eigenvalue weighted by atomic mass is 10.1. The molecule has 1 atom stereocenters. The molecule has 11 heteroatoms. The van der Waals surface area contributed by atoms with Gasteiger partial charge in [0.15, 0.2) is 6.10 Å². The minimum absolute atomic E-state index is 0.0317. The van der Waals surface area contributed by atoms with Crippen LogP contribution in [0.25, 0.3) is 0 Å². The molecule has 0 unspecified atom stereocenters. The average molecular weight is 516 g/mol. The monoisotopic (exact) mass is 515 g/mol. The second kappa shape index (κ2) is 9.23. The van der Waals surface area contributed by atoms with E-state index in [9.17, 15) is 21.6 Å². The smallest absolute Gasteiger partial charge is 0.267 e. The van der Waals surface area contributed by atoms with Gasteiger partial charge >= 0.3 is 0 Å². The lowest BCUT2D eigenvalue weighted by Gasteiger charge is -2.33. The lowest BCUT2D eigenvalue weighted by molar-refractivity contribution is -0.122. The fourth-order valence-corrected chi connectivity index (χ4v) is 5.88. The van der Waals surface area contributed by atoms with Crippen LogP contribution < -0.4 is 19.1 Å². The number of nitrogens with one attached hydrogen (secondary N) is 2. The second-order valence-electron chi connectivity index (χ2n) is 8.25. The molecule has 0 saturated heterocycles. The van der Waals surface area contributed by atoms with E-state index in [-0.39, 0.29) is 17.2 Å². The van der Waals surface area contributed by atoms with E-state index in [1.807, 2.05) is 32.0 Å². The number of nitrogens with zero attached hydrogens (tertiary/aromatic N) is 1. The Labute approximate surface area is 204 Å². The molecule has 4 rings (SSSR count). The number of amides is 1. The van der Waals surface area contributed by atoms with E-state index in [1.54, 1.807) is 24.3 Å². The van der Waals surface area contributed by atoms with Crippen molar-refractivity contribution in [3.63, 3.8) is 0 Å². The molecule has 0 aliphatic carbocycles. The molecule has 0 aromatic heterocycles.